The lowest BCUT2D eigenvalue weighted by Crippen LogP contribution is -2.23. The largest absolute Gasteiger partial charge is 0.312 e. The Morgan fingerprint density at radius 2 is 2.24 bits per heavy atom. The van der Waals surface area contributed by atoms with Crippen LogP contribution in [0.15, 0.2) is 34.8 Å². The zero-order chi connectivity index (χ0) is 12.1. The summed E-state index contributed by atoms with van der Waals surface area (Å²) >= 11 is 3.28. The molecule has 92 valence electrons. The number of benzene rings is 1. The summed E-state index contributed by atoms with van der Waals surface area (Å²) in [6.07, 6.45) is 8.12. The molecule has 1 nitrogen and oxygen atoms in total. The first-order valence-electron chi connectivity index (χ1n) is 6.06. The van der Waals surface area contributed by atoms with Crippen molar-refractivity contribution >= 4 is 15.9 Å². The normalized spacial score (nSPS) is 19.5. The Kier molecular flexibility index (Phi) is 4.75. The molecular formula is C14H17BrFN. The number of allylic oxidation sites excluding steroid dienone is 2. The third-order valence-corrected chi connectivity index (χ3v) is 4.05. The van der Waals surface area contributed by atoms with Crippen molar-refractivity contribution in [2.45, 2.75) is 25.8 Å². The van der Waals surface area contributed by atoms with Gasteiger partial charge in [-0.05, 0) is 59.3 Å². The van der Waals surface area contributed by atoms with Gasteiger partial charge in [-0.2, -0.15) is 0 Å². The number of rotatable bonds is 4. The number of halogens is 2. The first-order valence-corrected chi connectivity index (χ1v) is 6.85. The summed E-state index contributed by atoms with van der Waals surface area (Å²) in [6, 6.07) is 5.17. The van der Waals surface area contributed by atoms with Gasteiger partial charge in [-0.15, -0.1) is 0 Å². The van der Waals surface area contributed by atoms with E-state index >= 15 is 0 Å². The van der Waals surface area contributed by atoms with Gasteiger partial charge in [0.2, 0.25) is 0 Å². The van der Waals surface area contributed by atoms with Crippen molar-refractivity contribution in [1.82, 2.24) is 5.32 Å². The third kappa shape index (κ3) is 3.65. The Morgan fingerprint density at radius 1 is 1.35 bits per heavy atom. The van der Waals surface area contributed by atoms with Crippen LogP contribution < -0.4 is 5.32 Å². The first-order chi connectivity index (χ1) is 8.27. The molecule has 0 aliphatic heterocycles. The summed E-state index contributed by atoms with van der Waals surface area (Å²) in [5, 5.41) is 3.41. The molecule has 0 spiro atoms. The van der Waals surface area contributed by atoms with Crippen LogP contribution in [0.3, 0.4) is 0 Å². The molecule has 2 rings (SSSR count). The van der Waals surface area contributed by atoms with E-state index < -0.39 is 0 Å². The molecule has 1 N–H and O–H groups in total. The summed E-state index contributed by atoms with van der Waals surface area (Å²) in [4.78, 5) is 0. The van der Waals surface area contributed by atoms with E-state index in [4.69, 9.17) is 0 Å². The van der Waals surface area contributed by atoms with Gasteiger partial charge in [0.15, 0.2) is 0 Å². The van der Waals surface area contributed by atoms with Crippen molar-refractivity contribution in [2.24, 2.45) is 5.92 Å². The van der Waals surface area contributed by atoms with Crippen molar-refractivity contribution in [3.63, 3.8) is 0 Å². The topological polar surface area (TPSA) is 12.0 Å². The van der Waals surface area contributed by atoms with Crippen molar-refractivity contribution < 1.29 is 4.39 Å². The second kappa shape index (κ2) is 6.31. The maximum atomic E-state index is 13.3. The van der Waals surface area contributed by atoms with E-state index in [9.17, 15) is 4.39 Å². The predicted octanol–water partition coefficient (Wildman–Crippen LogP) is 4.03. The summed E-state index contributed by atoms with van der Waals surface area (Å²) in [5.41, 5.74) is 0.983. The highest BCUT2D eigenvalue weighted by molar-refractivity contribution is 9.10. The lowest BCUT2D eigenvalue weighted by Gasteiger charge is -2.18. The monoisotopic (exact) mass is 297 g/mol. The number of hydrogen-bond acceptors (Lipinski definition) is 1. The Labute approximate surface area is 110 Å². The van der Waals surface area contributed by atoms with E-state index in [0.717, 1.165) is 31.0 Å². The fraction of sp³-hybridized carbons (Fsp3) is 0.429. The zero-order valence-electron chi connectivity index (χ0n) is 9.76. The predicted molar refractivity (Wildman–Crippen MR) is 72.3 cm³/mol. The van der Waals surface area contributed by atoms with Crippen LogP contribution >= 0.6 is 15.9 Å². The zero-order valence-corrected chi connectivity index (χ0v) is 11.3. The van der Waals surface area contributed by atoms with Gasteiger partial charge < -0.3 is 5.32 Å². The summed E-state index contributed by atoms with van der Waals surface area (Å²) in [6.45, 7) is 1.73. The standard InChI is InChI=1S/C14H17BrFN/c15-14-12(7-4-8-13(14)16)10-17-9-11-5-2-1-3-6-11/h1-2,4,7-8,11,17H,3,5-6,9-10H2. The SMILES string of the molecule is Fc1cccc(CNCC2CC=CCC2)c1Br. The highest BCUT2D eigenvalue weighted by Gasteiger charge is 2.10. The second-order valence-corrected chi connectivity index (χ2v) is 5.29. The molecule has 1 aliphatic carbocycles. The summed E-state index contributed by atoms with van der Waals surface area (Å²) in [7, 11) is 0. The van der Waals surface area contributed by atoms with E-state index in [1.165, 1.54) is 18.9 Å². The second-order valence-electron chi connectivity index (χ2n) is 4.49. The van der Waals surface area contributed by atoms with Crippen LogP contribution in [-0.4, -0.2) is 6.54 Å². The van der Waals surface area contributed by atoms with Gasteiger partial charge in [0.25, 0.3) is 0 Å². The molecule has 1 unspecified atom stereocenters. The fourth-order valence-electron chi connectivity index (χ4n) is 2.14. The lowest BCUT2D eigenvalue weighted by molar-refractivity contribution is 0.440. The molecule has 3 heteroatoms. The maximum Gasteiger partial charge on any atom is 0.137 e. The minimum absolute atomic E-state index is 0.190. The molecule has 1 aliphatic rings. The van der Waals surface area contributed by atoms with Gasteiger partial charge in [-0.25, -0.2) is 4.39 Å². The van der Waals surface area contributed by atoms with E-state index in [2.05, 4.69) is 33.4 Å². The van der Waals surface area contributed by atoms with Gasteiger partial charge in [-0.1, -0.05) is 24.3 Å². The van der Waals surface area contributed by atoms with Gasteiger partial charge >= 0.3 is 0 Å². The molecule has 0 bridgehead atoms. The van der Waals surface area contributed by atoms with E-state index in [0.29, 0.717) is 4.47 Å². The van der Waals surface area contributed by atoms with Crippen LogP contribution in [0.2, 0.25) is 0 Å². The molecular weight excluding hydrogens is 281 g/mol. The van der Waals surface area contributed by atoms with Crippen LogP contribution in [0.25, 0.3) is 0 Å². The Hall–Kier alpha value is -0.670. The molecule has 0 saturated heterocycles. The van der Waals surface area contributed by atoms with Crippen LogP contribution in [0.1, 0.15) is 24.8 Å². The van der Waals surface area contributed by atoms with E-state index in [1.54, 1.807) is 6.07 Å². The van der Waals surface area contributed by atoms with Crippen molar-refractivity contribution in [2.75, 3.05) is 6.54 Å². The Morgan fingerprint density at radius 3 is 3.00 bits per heavy atom. The lowest BCUT2D eigenvalue weighted by atomic mass is 9.94. The third-order valence-electron chi connectivity index (χ3n) is 3.16. The van der Waals surface area contributed by atoms with Crippen molar-refractivity contribution in [3.8, 4) is 0 Å². The molecule has 0 saturated carbocycles. The minimum atomic E-state index is -0.190. The molecule has 0 radical (unpaired) electrons. The summed E-state index contributed by atoms with van der Waals surface area (Å²) < 4.78 is 13.9. The number of hydrogen-bond donors (Lipinski definition) is 1. The smallest absolute Gasteiger partial charge is 0.137 e. The van der Waals surface area contributed by atoms with Gasteiger partial charge in [-0.3, -0.25) is 0 Å². The van der Waals surface area contributed by atoms with Gasteiger partial charge in [0.1, 0.15) is 5.82 Å². The van der Waals surface area contributed by atoms with Gasteiger partial charge in [0, 0.05) is 6.54 Å². The highest BCUT2D eigenvalue weighted by atomic mass is 79.9. The quantitative estimate of drug-likeness (QED) is 0.827. The van der Waals surface area contributed by atoms with Crippen molar-refractivity contribution in [3.05, 3.63) is 46.2 Å². The highest BCUT2D eigenvalue weighted by Crippen LogP contribution is 2.21. The van der Waals surface area contributed by atoms with Crippen LogP contribution in [0, 0.1) is 11.7 Å². The fourth-order valence-corrected chi connectivity index (χ4v) is 2.54. The molecule has 1 atom stereocenters. The number of nitrogens with one attached hydrogen (secondary N) is 1. The average Bonchev–Trinajstić information content (AvgIpc) is 2.36. The van der Waals surface area contributed by atoms with E-state index in [1.807, 2.05) is 6.07 Å². The molecule has 0 heterocycles. The molecule has 1 aromatic rings. The maximum absolute atomic E-state index is 13.3. The molecule has 1 aromatic carbocycles. The van der Waals surface area contributed by atoms with Crippen molar-refractivity contribution in [1.29, 1.82) is 0 Å². The van der Waals surface area contributed by atoms with Crippen LogP contribution in [0.5, 0.6) is 0 Å². The Bertz CT molecular complexity index is 403. The molecule has 0 amide bonds. The first kappa shape index (κ1) is 12.8. The van der Waals surface area contributed by atoms with Crippen LogP contribution in [0.4, 0.5) is 4.39 Å². The molecule has 17 heavy (non-hydrogen) atoms. The minimum Gasteiger partial charge on any atom is -0.312 e. The Balaban J connectivity index is 1.81. The summed E-state index contributed by atoms with van der Waals surface area (Å²) in [5.74, 6) is 0.539. The average molecular weight is 298 g/mol. The molecule has 0 aromatic heterocycles. The molecule has 0 fully saturated rings. The van der Waals surface area contributed by atoms with Gasteiger partial charge in [0.05, 0.1) is 4.47 Å². The van der Waals surface area contributed by atoms with Crippen LogP contribution in [-0.2, 0) is 6.54 Å². The van der Waals surface area contributed by atoms with E-state index in [-0.39, 0.29) is 5.82 Å².